The van der Waals surface area contributed by atoms with E-state index in [0.717, 1.165) is 9.35 Å². The van der Waals surface area contributed by atoms with Crippen LogP contribution in [0.25, 0.3) is 0 Å². The molecule has 0 radical (unpaired) electrons. The highest BCUT2D eigenvalue weighted by molar-refractivity contribution is 9.10. The van der Waals surface area contributed by atoms with Gasteiger partial charge in [-0.05, 0) is 40.7 Å². The normalized spacial score (nSPS) is 16.3. The predicted octanol–water partition coefficient (Wildman–Crippen LogP) is 1.81. The molecule has 1 aromatic heterocycles. The first kappa shape index (κ1) is 13.2. The van der Waals surface area contributed by atoms with Crippen molar-refractivity contribution in [3.63, 3.8) is 0 Å². The summed E-state index contributed by atoms with van der Waals surface area (Å²) in [5.74, 6) is 0. The lowest BCUT2D eigenvalue weighted by molar-refractivity contribution is 0.563. The highest BCUT2D eigenvalue weighted by Gasteiger charge is 2.23. The van der Waals surface area contributed by atoms with Crippen molar-refractivity contribution in [2.45, 2.75) is 24.6 Å². The molecule has 2 atom stereocenters. The van der Waals surface area contributed by atoms with Crippen LogP contribution in [-0.2, 0) is 16.3 Å². The van der Waals surface area contributed by atoms with Crippen LogP contribution in [0, 0.1) is 0 Å². The minimum atomic E-state index is -3.05. The molecule has 0 aliphatic heterocycles. The molecular formula is C9H14BrNO2S2. The Bertz CT molecular complexity index is 427. The molecule has 0 fully saturated rings. The van der Waals surface area contributed by atoms with Crippen LogP contribution in [-0.4, -0.2) is 26.0 Å². The number of hydrogen-bond acceptors (Lipinski definition) is 4. The van der Waals surface area contributed by atoms with E-state index in [0.29, 0.717) is 6.42 Å². The summed E-state index contributed by atoms with van der Waals surface area (Å²) in [4.78, 5) is 1.10. The summed E-state index contributed by atoms with van der Waals surface area (Å²) in [5, 5.41) is 1.45. The third-order valence-corrected chi connectivity index (χ3v) is 6.04. The van der Waals surface area contributed by atoms with Gasteiger partial charge >= 0.3 is 0 Å². The molecular weight excluding hydrogens is 298 g/mol. The number of sulfone groups is 1. The Morgan fingerprint density at radius 3 is 2.60 bits per heavy atom. The maximum Gasteiger partial charge on any atom is 0.151 e. The first-order valence-electron chi connectivity index (χ1n) is 4.48. The van der Waals surface area contributed by atoms with Crippen LogP contribution in [0.15, 0.2) is 15.9 Å². The maximum absolute atomic E-state index is 11.3. The van der Waals surface area contributed by atoms with Crippen molar-refractivity contribution in [2.24, 2.45) is 5.73 Å². The summed E-state index contributed by atoms with van der Waals surface area (Å²) >= 11 is 4.98. The standard InChI is InChI=1S/C9H14BrNO2S2/c1-6(15(2,12)13)8(11)5-9-7(10)3-4-14-9/h3-4,6,8H,5,11H2,1-2H3. The molecule has 0 aliphatic rings. The zero-order chi connectivity index (χ0) is 11.6. The topological polar surface area (TPSA) is 60.2 Å². The quantitative estimate of drug-likeness (QED) is 0.922. The molecule has 0 saturated carbocycles. The fourth-order valence-corrected chi connectivity index (χ4v) is 3.49. The van der Waals surface area contributed by atoms with Crippen LogP contribution in [0.5, 0.6) is 0 Å². The van der Waals surface area contributed by atoms with Crippen LogP contribution < -0.4 is 5.73 Å². The zero-order valence-electron chi connectivity index (χ0n) is 8.60. The van der Waals surface area contributed by atoms with E-state index in [9.17, 15) is 8.42 Å². The van der Waals surface area contributed by atoms with Crippen molar-refractivity contribution in [3.05, 3.63) is 20.8 Å². The van der Waals surface area contributed by atoms with Crippen molar-refractivity contribution in [3.8, 4) is 0 Å². The average molecular weight is 312 g/mol. The van der Waals surface area contributed by atoms with Gasteiger partial charge in [0.05, 0.1) is 5.25 Å². The van der Waals surface area contributed by atoms with Gasteiger partial charge in [-0.25, -0.2) is 8.42 Å². The Labute approximate surface area is 103 Å². The molecule has 0 saturated heterocycles. The summed E-state index contributed by atoms with van der Waals surface area (Å²) in [6.07, 6.45) is 1.81. The monoisotopic (exact) mass is 311 g/mol. The molecule has 2 N–H and O–H groups in total. The Kier molecular flexibility index (Phi) is 4.34. The van der Waals surface area contributed by atoms with Crippen LogP contribution >= 0.6 is 27.3 Å². The van der Waals surface area contributed by atoms with E-state index in [-0.39, 0.29) is 6.04 Å². The molecule has 15 heavy (non-hydrogen) atoms. The van der Waals surface area contributed by atoms with Gasteiger partial charge in [-0.1, -0.05) is 0 Å². The Morgan fingerprint density at radius 2 is 2.20 bits per heavy atom. The van der Waals surface area contributed by atoms with Crippen LogP contribution in [0.2, 0.25) is 0 Å². The summed E-state index contributed by atoms with van der Waals surface area (Å²) in [6, 6.07) is 1.59. The van der Waals surface area contributed by atoms with E-state index in [1.165, 1.54) is 6.26 Å². The van der Waals surface area contributed by atoms with Gasteiger partial charge in [-0.3, -0.25) is 0 Å². The summed E-state index contributed by atoms with van der Waals surface area (Å²) in [5.41, 5.74) is 5.87. The number of rotatable bonds is 4. The van der Waals surface area contributed by atoms with Gasteiger partial charge in [0.2, 0.25) is 0 Å². The van der Waals surface area contributed by atoms with E-state index in [4.69, 9.17) is 5.73 Å². The molecule has 0 bridgehead atoms. The molecule has 86 valence electrons. The molecule has 0 amide bonds. The van der Waals surface area contributed by atoms with Gasteiger partial charge in [0.25, 0.3) is 0 Å². The van der Waals surface area contributed by atoms with Gasteiger partial charge in [0.1, 0.15) is 0 Å². The molecule has 6 heteroatoms. The highest BCUT2D eigenvalue weighted by atomic mass is 79.9. The average Bonchev–Trinajstić information content (AvgIpc) is 2.49. The van der Waals surface area contributed by atoms with Crippen LogP contribution in [0.1, 0.15) is 11.8 Å². The fraction of sp³-hybridized carbons (Fsp3) is 0.556. The molecule has 0 aromatic carbocycles. The summed E-state index contributed by atoms with van der Waals surface area (Å²) < 4.78 is 23.6. The summed E-state index contributed by atoms with van der Waals surface area (Å²) in [7, 11) is -3.05. The minimum Gasteiger partial charge on any atom is -0.326 e. The molecule has 3 nitrogen and oxygen atoms in total. The Morgan fingerprint density at radius 1 is 1.60 bits per heavy atom. The van der Waals surface area contributed by atoms with E-state index in [2.05, 4.69) is 15.9 Å². The number of thiophene rings is 1. The predicted molar refractivity (Wildman–Crippen MR) is 68.0 cm³/mol. The van der Waals surface area contributed by atoms with E-state index in [1.807, 2.05) is 11.4 Å². The molecule has 1 heterocycles. The van der Waals surface area contributed by atoms with Gasteiger partial charge in [-0.2, -0.15) is 0 Å². The van der Waals surface area contributed by atoms with Crippen LogP contribution in [0.3, 0.4) is 0 Å². The lowest BCUT2D eigenvalue weighted by Gasteiger charge is -2.17. The van der Waals surface area contributed by atoms with E-state index >= 15 is 0 Å². The van der Waals surface area contributed by atoms with Gasteiger partial charge in [0, 0.05) is 21.6 Å². The largest absolute Gasteiger partial charge is 0.326 e. The molecule has 2 unspecified atom stereocenters. The van der Waals surface area contributed by atoms with Crippen molar-refractivity contribution in [2.75, 3.05) is 6.26 Å². The van der Waals surface area contributed by atoms with Crippen molar-refractivity contribution in [1.29, 1.82) is 0 Å². The highest BCUT2D eigenvalue weighted by Crippen LogP contribution is 2.24. The molecule has 1 aromatic rings. The zero-order valence-corrected chi connectivity index (χ0v) is 11.8. The summed E-state index contributed by atoms with van der Waals surface area (Å²) in [6.45, 7) is 1.65. The maximum atomic E-state index is 11.3. The lowest BCUT2D eigenvalue weighted by Crippen LogP contribution is -2.39. The van der Waals surface area contributed by atoms with Crippen LogP contribution in [0.4, 0.5) is 0 Å². The fourth-order valence-electron chi connectivity index (χ4n) is 1.17. The SMILES string of the molecule is CC(C(N)Cc1sccc1Br)S(C)(=O)=O. The number of nitrogens with two attached hydrogens (primary N) is 1. The van der Waals surface area contributed by atoms with Gasteiger partial charge < -0.3 is 5.73 Å². The molecule has 0 spiro atoms. The second kappa shape index (κ2) is 4.95. The number of halogens is 1. The minimum absolute atomic E-state index is 0.352. The van der Waals surface area contributed by atoms with E-state index < -0.39 is 15.1 Å². The van der Waals surface area contributed by atoms with E-state index in [1.54, 1.807) is 18.3 Å². The van der Waals surface area contributed by atoms with Crippen molar-refractivity contribution in [1.82, 2.24) is 0 Å². The van der Waals surface area contributed by atoms with Crippen molar-refractivity contribution >= 4 is 37.1 Å². The van der Waals surface area contributed by atoms with Crippen molar-refractivity contribution < 1.29 is 8.42 Å². The Balaban J connectivity index is 2.72. The number of hydrogen-bond donors (Lipinski definition) is 1. The first-order chi connectivity index (χ1) is 6.82. The third-order valence-electron chi connectivity index (χ3n) is 2.39. The van der Waals surface area contributed by atoms with Gasteiger partial charge in [-0.15, -0.1) is 11.3 Å². The molecule has 0 aliphatic carbocycles. The van der Waals surface area contributed by atoms with Gasteiger partial charge in [0.15, 0.2) is 9.84 Å². The first-order valence-corrected chi connectivity index (χ1v) is 8.11. The third kappa shape index (κ3) is 3.55. The smallest absolute Gasteiger partial charge is 0.151 e. The Hall–Kier alpha value is 0.0900. The second-order valence-corrected chi connectivity index (χ2v) is 7.85. The molecule has 1 rings (SSSR count). The second-order valence-electron chi connectivity index (χ2n) is 3.59. The lowest BCUT2D eigenvalue weighted by atomic mass is 10.1.